The zero-order valence-electron chi connectivity index (χ0n) is 13.5. The second-order valence-corrected chi connectivity index (χ2v) is 11.7. The quantitative estimate of drug-likeness (QED) is 0.339. The molecule has 0 aromatic carbocycles. The molecule has 22 heavy (non-hydrogen) atoms. The summed E-state index contributed by atoms with van der Waals surface area (Å²) in [6.45, 7) is 0.608. The third-order valence-corrected chi connectivity index (χ3v) is 9.22. The zero-order chi connectivity index (χ0) is 16.9. The van der Waals surface area contributed by atoms with Crippen LogP contribution in [0.3, 0.4) is 0 Å². The van der Waals surface area contributed by atoms with Gasteiger partial charge in [-0.15, -0.1) is 0 Å². The van der Waals surface area contributed by atoms with E-state index in [1.54, 1.807) is 0 Å². The maximum atomic E-state index is 11.7. The van der Waals surface area contributed by atoms with Gasteiger partial charge in [-0.25, -0.2) is 16.8 Å². The summed E-state index contributed by atoms with van der Waals surface area (Å²) < 4.78 is 46.3. The first-order valence-corrected chi connectivity index (χ1v) is 12.0. The Bertz CT molecular complexity index is 461. The van der Waals surface area contributed by atoms with Crippen molar-refractivity contribution in [2.75, 3.05) is 24.6 Å². The minimum atomic E-state index is -4.08. The Morgan fingerprint density at radius 3 is 1.23 bits per heavy atom. The summed E-state index contributed by atoms with van der Waals surface area (Å²) in [5.74, 6) is -0.770. The molecule has 0 saturated carbocycles. The average Bonchev–Trinajstić information content (AvgIpc) is 2.44. The van der Waals surface area contributed by atoms with Crippen molar-refractivity contribution in [1.29, 1.82) is 0 Å². The predicted octanol–water partition coefficient (Wildman–Crippen LogP) is 1.55. The van der Waals surface area contributed by atoms with Crippen LogP contribution in [0.2, 0.25) is 0 Å². The highest BCUT2D eigenvalue weighted by Gasteiger charge is 2.27. The van der Waals surface area contributed by atoms with Crippen molar-refractivity contribution >= 4 is 17.7 Å². The molecule has 0 atom stereocenters. The fourth-order valence-electron chi connectivity index (χ4n) is 2.24. The summed E-state index contributed by atoms with van der Waals surface area (Å²) in [4.78, 5) is 0. The molecule has 0 aliphatic heterocycles. The Labute approximate surface area is 135 Å². The van der Waals surface area contributed by atoms with Crippen LogP contribution >= 0.6 is 0 Å². The number of hydrogen-bond acceptors (Lipinski definition) is 6. The van der Waals surface area contributed by atoms with Gasteiger partial charge in [0, 0.05) is 6.54 Å². The van der Waals surface area contributed by atoms with Gasteiger partial charge in [0.25, 0.3) is 17.7 Å². The molecule has 6 nitrogen and oxygen atoms in total. The highest BCUT2D eigenvalue weighted by molar-refractivity contribution is 8.67. The molecule has 0 fully saturated rings. The summed E-state index contributed by atoms with van der Waals surface area (Å²) in [5.41, 5.74) is 10.5. The van der Waals surface area contributed by atoms with E-state index in [9.17, 15) is 16.8 Å². The molecular formula is C14H32N2O4S2. The maximum absolute atomic E-state index is 11.7. The van der Waals surface area contributed by atoms with E-state index in [0.29, 0.717) is 6.42 Å². The van der Waals surface area contributed by atoms with E-state index >= 15 is 0 Å². The van der Waals surface area contributed by atoms with Gasteiger partial charge in [0.05, 0.1) is 11.5 Å². The summed E-state index contributed by atoms with van der Waals surface area (Å²) in [5, 5.41) is 0. The Kier molecular flexibility index (Phi) is 12.2. The number of hydrogen-bond donors (Lipinski definition) is 2. The van der Waals surface area contributed by atoms with Crippen LogP contribution in [0.25, 0.3) is 0 Å². The lowest BCUT2D eigenvalue weighted by molar-refractivity contribution is 0.554. The summed E-state index contributed by atoms with van der Waals surface area (Å²) in [7, 11) is -8.13. The Hall–Kier alpha value is -0.180. The molecule has 0 spiro atoms. The molecule has 0 aromatic heterocycles. The van der Waals surface area contributed by atoms with Crippen LogP contribution in [-0.2, 0) is 17.7 Å². The highest BCUT2D eigenvalue weighted by Crippen LogP contribution is 2.12. The van der Waals surface area contributed by atoms with Crippen LogP contribution in [-0.4, -0.2) is 41.4 Å². The Morgan fingerprint density at radius 1 is 0.455 bits per heavy atom. The third-order valence-electron chi connectivity index (χ3n) is 3.60. The van der Waals surface area contributed by atoms with E-state index in [4.69, 9.17) is 11.5 Å². The molecular weight excluding hydrogens is 324 g/mol. The minimum Gasteiger partial charge on any atom is -0.330 e. The molecule has 8 heteroatoms. The lowest BCUT2D eigenvalue weighted by atomic mass is 10.1. The van der Waals surface area contributed by atoms with E-state index in [0.717, 1.165) is 38.6 Å². The molecule has 4 N–H and O–H groups in total. The SMILES string of the molecule is NCCCCCCCCCCCCS(=O)(=O)S(=O)(=O)CCN. The molecule has 0 saturated heterocycles. The van der Waals surface area contributed by atoms with Crippen LogP contribution in [0.4, 0.5) is 0 Å². The van der Waals surface area contributed by atoms with E-state index in [1.165, 1.54) is 25.7 Å². The van der Waals surface area contributed by atoms with Crippen molar-refractivity contribution in [3.63, 3.8) is 0 Å². The summed E-state index contributed by atoms with van der Waals surface area (Å²) in [6, 6.07) is 0. The monoisotopic (exact) mass is 356 g/mol. The Balaban J connectivity index is 3.61. The van der Waals surface area contributed by atoms with Crippen LogP contribution in [0, 0.1) is 0 Å². The van der Waals surface area contributed by atoms with Gasteiger partial charge in [-0.05, 0) is 19.4 Å². The second kappa shape index (κ2) is 12.3. The van der Waals surface area contributed by atoms with E-state index in [-0.39, 0.29) is 12.3 Å². The minimum absolute atomic E-state index is 0.160. The van der Waals surface area contributed by atoms with Crippen molar-refractivity contribution in [3.8, 4) is 0 Å². The number of unbranched alkanes of at least 4 members (excludes halogenated alkanes) is 9. The van der Waals surface area contributed by atoms with Crippen LogP contribution in [0.15, 0.2) is 0 Å². The normalized spacial score (nSPS) is 12.6. The fraction of sp³-hybridized carbons (Fsp3) is 1.00. The molecule has 0 radical (unpaired) electrons. The van der Waals surface area contributed by atoms with Crippen molar-refractivity contribution < 1.29 is 16.8 Å². The predicted molar refractivity (Wildman–Crippen MR) is 91.9 cm³/mol. The fourth-order valence-corrected chi connectivity index (χ4v) is 5.76. The van der Waals surface area contributed by atoms with Crippen molar-refractivity contribution in [2.24, 2.45) is 11.5 Å². The van der Waals surface area contributed by atoms with Crippen LogP contribution in [0.5, 0.6) is 0 Å². The lowest BCUT2D eigenvalue weighted by Crippen LogP contribution is -2.25. The van der Waals surface area contributed by atoms with Gasteiger partial charge in [-0.2, -0.15) is 0 Å². The van der Waals surface area contributed by atoms with Crippen LogP contribution in [0.1, 0.15) is 64.2 Å². The molecule has 0 amide bonds. The first-order valence-electron chi connectivity index (χ1n) is 8.23. The van der Waals surface area contributed by atoms with Crippen molar-refractivity contribution in [1.82, 2.24) is 0 Å². The topological polar surface area (TPSA) is 120 Å². The smallest absolute Gasteiger partial charge is 0.254 e. The molecule has 0 rings (SSSR count). The molecule has 0 aliphatic rings. The average molecular weight is 357 g/mol. The largest absolute Gasteiger partial charge is 0.330 e. The van der Waals surface area contributed by atoms with Gasteiger partial charge in [-0.3, -0.25) is 0 Å². The Morgan fingerprint density at radius 2 is 0.818 bits per heavy atom. The summed E-state index contributed by atoms with van der Waals surface area (Å²) >= 11 is 0. The zero-order valence-corrected chi connectivity index (χ0v) is 15.1. The van der Waals surface area contributed by atoms with Gasteiger partial charge >= 0.3 is 0 Å². The van der Waals surface area contributed by atoms with Crippen molar-refractivity contribution in [2.45, 2.75) is 64.2 Å². The van der Waals surface area contributed by atoms with Gasteiger partial charge in [0.1, 0.15) is 0 Å². The van der Waals surface area contributed by atoms with Crippen LogP contribution < -0.4 is 11.5 Å². The van der Waals surface area contributed by atoms with Gasteiger partial charge < -0.3 is 11.5 Å². The van der Waals surface area contributed by atoms with Gasteiger partial charge in [0.2, 0.25) is 0 Å². The van der Waals surface area contributed by atoms with E-state index in [2.05, 4.69) is 0 Å². The highest BCUT2D eigenvalue weighted by atomic mass is 33.2. The van der Waals surface area contributed by atoms with Gasteiger partial charge in [-0.1, -0.05) is 51.4 Å². The number of nitrogens with two attached hydrogens (primary N) is 2. The standard InChI is InChI=1S/C14H32N2O4S2/c15-11-9-7-5-3-1-2-4-6-8-10-13-21(17,18)22(19,20)14-12-16/h1-16H2. The van der Waals surface area contributed by atoms with E-state index < -0.39 is 23.5 Å². The molecule has 0 heterocycles. The van der Waals surface area contributed by atoms with Gasteiger partial charge in [0.15, 0.2) is 0 Å². The molecule has 134 valence electrons. The molecule has 0 unspecified atom stereocenters. The summed E-state index contributed by atoms with van der Waals surface area (Å²) in [6.07, 6.45) is 10.3. The third kappa shape index (κ3) is 9.76. The molecule has 0 aromatic rings. The number of rotatable bonds is 15. The first-order chi connectivity index (χ1) is 10.4. The molecule has 0 bridgehead atoms. The van der Waals surface area contributed by atoms with Crippen molar-refractivity contribution in [3.05, 3.63) is 0 Å². The van der Waals surface area contributed by atoms with E-state index in [1.807, 2.05) is 0 Å². The second-order valence-electron chi connectivity index (χ2n) is 5.64. The first kappa shape index (κ1) is 21.8. The molecule has 0 aliphatic carbocycles. The maximum Gasteiger partial charge on any atom is 0.254 e. The lowest BCUT2D eigenvalue weighted by Gasteiger charge is -2.05.